The Bertz CT molecular complexity index is 1450. The van der Waals surface area contributed by atoms with Gasteiger partial charge >= 0.3 is 0 Å². The second-order valence-corrected chi connectivity index (χ2v) is 12.7. The highest BCUT2D eigenvalue weighted by Gasteiger charge is 2.29. The van der Waals surface area contributed by atoms with E-state index in [0.29, 0.717) is 0 Å². The van der Waals surface area contributed by atoms with E-state index in [1.165, 1.54) is 47.5 Å². The first-order chi connectivity index (χ1) is 17.8. The first-order valence-corrected chi connectivity index (χ1v) is 14.8. The zero-order chi connectivity index (χ0) is 26.2. The van der Waals surface area contributed by atoms with Gasteiger partial charge in [-0.2, -0.15) is 4.57 Å². The fourth-order valence-electron chi connectivity index (χ4n) is 5.51. The summed E-state index contributed by atoms with van der Waals surface area (Å²) < 4.78 is 9.33. The Morgan fingerprint density at radius 3 is 2.70 bits per heavy atom. The van der Waals surface area contributed by atoms with Gasteiger partial charge in [0, 0.05) is 23.6 Å². The lowest BCUT2D eigenvalue weighted by atomic mass is 9.75. The molecule has 0 atom stereocenters. The van der Waals surface area contributed by atoms with E-state index in [4.69, 9.17) is 4.74 Å². The molecule has 5 heteroatoms. The normalized spacial score (nSPS) is 19.3. The molecule has 0 unspecified atom stereocenters. The third-order valence-corrected chi connectivity index (χ3v) is 9.34. The summed E-state index contributed by atoms with van der Waals surface area (Å²) in [4.78, 5) is 3.71. The first-order valence-electron chi connectivity index (χ1n) is 13.2. The maximum Gasteiger partial charge on any atom is 0.262 e. The molecule has 2 aliphatic rings. The van der Waals surface area contributed by atoms with Gasteiger partial charge in [-0.25, -0.2) is 0 Å². The van der Waals surface area contributed by atoms with Crippen LogP contribution in [0.5, 0.6) is 5.75 Å². The van der Waals surface area contributed by atoms with Crippen LogP contribution in [0.1, 0.15) is 51.1 Å². The van der Waals surface area contributed by atoms with E-state index in [1.807, 2.05) is 23.1 Å². The number of allylic oxidation sites excluding steroid dienone is 6. The van der Waals surface area contributed by atoms with E-state index in [1.54, 1.807) is 7.11 Å². The fourth-order valence-corrected chi connectivity index (χ4v) is 7.86. The van der Waals surface area contributed by atoms with Gasteiger partial charge in [0.2, 0.25) is 5.52 Å². The van der Waals surface area contributed by atoms with Gasteiger partial charge in [-0.1, -0.05) is 67.3 Å². The Hall–Kier alpha value is -2.76. The summed E-state index contributed by atoms with van der Waals surface area (Å²) in [6.07, 6.45) is 13.8. The number of thiazole rings is 1. The van der Waals surface area contributed by atoms with Crippen LogP contribution in [0.3, 0.4) is 0 Å². The van der Waals surface area contributed by atoms with Gasteiger partial charge in [-0.15, -0.1) is 0 Å². The van der Waals surface area contributed by atoms with Crippen molar-refractivity contribution >= 4 is 45.1 Å². The molecule has 1 aliphatic carbocycles. The van der Waals surface area contributed by atoms with Crippen LogP contribution >= 0.6 is 23.1 Å². The number of methoxy groups -OCH3 is 1. The van der Waals surface area contributed by atoms with E-state index in [0.717, 1.165) is 31.7 Å². The summed E-state index contributed by atoms with van der Waals surface area (Å²) in [7, 11) is 1.75. The summed E-state index contributed by atoms with van der Waals surface area (Å²) in [6.45, 7) is 13.3. The molecule has 2 heterocycles. The standard InChI is InChI=1S/C32H37N2OS2/c1-7-33-25-13-9-10-14-28(25)36-30(33)15-11-12-23-17-24(21-32(4,5)20-23)18-31-34(8-2)26-16-22(3)27(35-6)19-29(26)37-31/h9-19H,7-8,20-21H2,1-6H3/q+1. The maximum absolute atomic E-state index is 5.59. The number of benzene rings is 2. The third kappa shape index (κ3) is 5.30. The maximum atomic E-state index is 5.59. The van der Waals surface area contributed by atoms with Crippen molar-refractivity contribution in [1.82, 2.24) is 0 Å². The molecule has 0 N–H and O–H groups in total. The minimum Gasteiger partial charge on any atom is -0.496 e. The lowest BCUT2D eigenvalue weighted by Crippen LogP contribution is -2.33. The van der Waals surface area contributed by atoms with Gasteiger partial charge < -0.3 is 9.64 Å². The zero-order valence-corrected chi connectivity index (χ0v) is 24.4. The second-order valence-electron chi connectivity index (χ2n) is 10.6. The number of hydrogen-bond acceptors (Lipinski definition) is 4. The Labute approximate surface area is 229 Å². The Kier molecular flexibility index (Phi) is 7.37. The van der Waals surface area contributed by atoms with Gasteiger partial charge in [0.25, 0.3) is 5.01 Å². The van der Waals surface area contributed by atoms with Crippen molar-refractivity contribution < 1.29 is 9.30 Å². The third-order valence-electron chi connectivity index (χ3n) is 7.11. The molecule has 0 saturated carbocycles. The minimum atomic E-state index is 0.231. The number of para-hydroxylation sites is 1. The van der Waals surface area contributed by atoms with Crippen LogP contribution in [-0.4, -0.2) is 13.7 Å². The van der Waals surface area contributed by atoms with E-state index in [-0.39, 0.29) is 5.41 Å². The Morgan fingerprint density at radius 2 is 1.95 bits per heavy atom. The van der Waals surface area contributed by atoms with Crippen LogP contribution in [0.15, 0.2) is 81.8 Å². The minimum absolute atomic E-state index is 0.231. The molecular formula is C32H37N2OS2+. The number of hydrogen-bond donors (Lipinski definition) is 0. The van der Waals surface area contributed by atoms with Gasteiger partial charge in [0.15, 0.2) is 0 Å². The Balaban J connectivity index is 1.44. The van der Waals surface area contributed by atoms with Gasteiger partial charge in [-0.05, 0) is 80.0 Å². The van der Waals surface area contributed by atoms with Crippen LogP contribution < -0.4 is 14.2 Å². The van der Waals surface area contributed by atoms with Crippen LogP contribution in [0, 0.1) is 12.3 Å². The number of ether oxygens (including phenoxy) is 1. The van der Waals surface area contributed by atoms with Crippen molar-refractivity contribution in [1.29, 1.82) is 0 Å². The smallest absolute Gasteiger partial charge is 0.262 e. The van der Waals surface area contributed by atoms with E-state index < -0.39 is 0 Å². The highest BCUT2D eigenvalue weighted by atomic mass is 32.2. The second kappa shape index (κ2) is 10.5. The van der Waals surface area contributed by atoms with Gasteiger partial charge in [0.05, 0.1) is 17.8 Å². The summed E-state index contributed by atoms with van der Waals surface area (Å²) in [5.41, 5.74) is 6.81. The summed E-state index contributed by atoms with van der Waals surface area (Å²) in [6, 6.07) is 13.1. The predicted octanol–water partition coefficient (Wildman–Crippen LogP) is 8.69. The number of nitrogens with zero attached hydrogens (tertiary/aromatic N) is 2. The molecule has 0 bridgehead atoms. The monoisotopic (exact) mass is 529 g/mol. The number of anilines is 1. The van der Waals surface area contributed by atoms with E-state index >= 15 is 0 Å². The molecule has 0 radical (unpaired) electrons. The highest BCUT2D eigenvalue weighted by Crippen LogP contribution is 2.49. The van der Waals surface area contributed by atoms with Crippen LogP contribution in [0.2, 0.25) is 0 Å². The number of thioether (sulfide) groups is 1. The van der Waals surface area contributed by atoms with Crippen LogP contribution in [0.25, 0.3) is 16.3 Å². The molecule has 5 rings (SSSR count). The Morgan fingerprint density at radius 1 is 1.14 bits per heavy atom. The molecule has 0 fully saturated rings. The summed E-state index contributed by atoms with van der Waals surface area (Å²) in [5.74, 6) is 0.960. The number of aromatic nitrogens is 1. The fraction of sp³-hybridized carbons (Fsp3) is 0.344. The van der Waals surface area contributed by atoms with E-state index in [9.17, 15) is 0 Å². The van der Waals surface area contributed by atoms with Crippen molar-refractivity contribution in [2.45, 2.75) is 58.9 Å². The summed E-state index contributed by atoms with van der Waals surface area (Å²) in [5, 5.41) is 2.60. The molecule has 2 aromatic carbocycles. The average molecular weight is 530 g/mol. The molecule has 3 nitrogen and oxygen atoms in total. The molecule has 0 saturated heterocycles. The molecule has 37 heavy (non-hydrogen) atoms. The molecular weight excluding hydrogens is 492 g/mol. The highest BCUT2D eigenvalue weighted by molar-refractivity contribution is 8.03. The summed E-state index contributed by atoms with van der Waals surface area (Å²) >= 11 is 3.72. The number of fused-ring (bicyclic) bond motifs is 2. The molecule has 0 spiro atoms. The molecule has 1 aromatic heterocycles. The SMILES string of the molecule is CCN1/C(=C/C2=CC(=C/C=C/c3sc4ccccc4[n+]3CC)/CC(C)(C)C2)Sc2cc(OC)c(C)cc21. The van der Waals surface area contributed by atoms with Crippen molar-refractivity contribution in [3.8, 4) is 5.75 Å². The molecule has 1 aliphatic heterocycles. The van der Waals surface area contributed by atoms with Crippen molar-refractivity contribution in [2.75, 3.05) is 18.6 Å². The van der Waals surface area contributed by atoms with Crippen molar-refractivity contribution in [2.24, 2.45) is 5.41 Å². The van der Waals surface area contributed by atoms with Crippen molar-refractivity contribution in [3.05, 3.63) is 87.4 Å². The van der Waals surface area contributed by atoms with Gasteiger partial charge in [-0.3, -0.25) is 0 Å². The number of rotatable bonds is 6. The molecule has 3 aromatic rings. The zero-order valence-electron chi connectivity index (χ0n) is 22.8. The lowest BCUT2D eigenvalue weighted by molar-refractivity contribution is -0.665. The van der Waals surface area contributed by atoms with Gasteiger partial charge in [0.1, 0.15) is 17.0 Å². The first kappa shape index (κ1) is 25.9. The molecule has 0 amide bonds. The van der Waals surface area contributed by atoms with E-state index in [2.05, 4.69) is 111 Å². The quantitative estimate of drug-likeness (QED) is 0.297. The topological polar surface area (TPSA) is 16.4 Å². The van der Waals surface area contributed by atoms with Crippen molar-refractivity contribution in [3.63, 3.8) is 0 Å². The lowest BCUT2D eigenvalue weighted by Gasteiger charge is -2.31. The largest absolute Gasteiger partial charge is 0.496 e. The predicted molar refractivity (Wildman–Crippen MR) is 161 cm³/mol. The van der Waals surface area contributed by atoms with Crippen LogP contribution in [0.4, 0.5) is 5.69 Å². The molecule has 192 valence electrons. The average Bonchev–Trinajstić information content (AvgIpc) is 3.38. The van der Waals surface area contributed by atoms with Crippen LogP contribution in [-0.2, 0) is 6.54 Å². The number of aryl methyl sites for hydroxylation is 2.